The Labute approximate surface area is 91.1 Å². The van der Waals surface area contributed by atoms with Crippen LogP contribution in [0.25, 0.3) is 10.3 Å². The molecule has 0 bridgehead atoms. The van der Waals surface area contributed by atoms with Crippen LogP contribution < -0.4 is 0 Å². The van der Waals surface area contributed by atoms with Crippen LogP contribution in [0.4, 0.5) is 0 Å². The first-order chi connectivity index (χ1) is 6.65. The van der Waals surface area contributed by atoms with Crippen molar-refractivity contribution in [2.45, 2.75) is 18.2 Å². The van der Waals surface area contributed by atoms with Crippen LogP contribution in [0, 0.1) is 6.92 Å². The van der Waals surface area contributed by atoms with E-state index in [1.54, 1.807) is 23.1 Å². The summed E-state index contributed by atoms with van der Waals surface area (Å²) in [5.74, 6) is 0. The summed E-state index contributed by atoms with van der Waals surface area (Å²) >= 11 is 3.27. The Kier molecular flexibility index (Phi) is 2.56. The van der Waals surface area contributed by atoms with E-state index in [9.17, 15) is 0 Å². The van der Waals surface area contributed by atoms with Gasteiger partial charge in [-0.1, -0.05) is 18.3 Å². The molecule has 0 N–H and O–H groups in total. The highest BCUT2D eigenvalue weighted by molar-refractivity contribution is 8.04. The van der Waals surface area contributed by atoms with Crippen molar-refractivity contribution in [2.24, 2.45) is 0 Å². The highest BCUT2D eigenvalue weighted by atomic mass is 32.2. The van der Waals surface area contributed by atoms with E-state index >= 15 is 0 Å². The number of aromatic nitrogens is 2. The number of thiazole rings is 1. The van der Waals surface area contributed by atoms with Crippen molar-refractivity contribution in [1.82, 2.24) is 9.97 Å². The lowest BCUT2D eigenvalue weighted by Gasteiger charge is -1.89. The summed E-state index contributed by atoms with van der Waals surface area (Å²) < 4.78 is 2.17. The molecule has 72 valence electrons. The van der Waals surface area contributed by atoms with Gasteiger partial charge in [-0.05, 0) is 30.4 Å². The minimum atomic E-state index is 0.837. The predicted molar refractivity (Wildman–Crippen MR) is 62.8 cm³/mol. The maximum atomic E-state index is 4.40. The molecule has 4 heteroatoms. The van der Waals surface area contributed by atoms with E-state index in [0.717, 1.165) is 19.6 Å². The van der Waals surface area contributed by atoms with Crippen molar-refractivity contribution in [3.63, 3.8) is 0 Å². The molecule has 2 aromatic rings. The maximum Gasteiger partial charge on any atom is 0.171 e. The van der Waals surface area contributed by atoms with Gasteiger partial charge in [-0.3, -0.25) is 0 Å². The number of fused-ring (bicyclic) bond motifs is 1. The Hall–Kier alpha value is -0.870. The smallest absolute Gasteiger partial charge is 0.171 e. The number of pyridine rings is 1. The summed E-state index contributed by atoms with van der Waals surface area (Å²) in [6, 6.07) is 2.11. The molecule has 0 saturated heterocycles. The third kappa shape index (κ3) is 1.96. The van der Waals surface area contributed by atoms with E-state index < -0.39 is 0 Å². The number of aryl methyl sites for hydroxylation is 1. The lowest BCUT2D eigenvalue weighted by Crippen LogP contribution is -1.77. The molecule has 0 spiro atoms. The first-order valence-electron chi connectivity index (χ1n) is 4.22. The van der Waals surface area contributed by atoms with Gasteiger partial charge in [0.25, 0.3) is 0 Å². The van der Waals surface area contributed by atoms with E-state index in [-0.39, 0.29) is 0 Å². The summed E-state index contributed by atoms with van der Waals surface area (Å²) in [7, 11) is 0. The van der Waals surface area contributed by atoms with E-state index in [1.165, 1.54) is 5.56 Å². The van der Waals surface area contributed by atoms with Crippen LogP contribution in [0.3, 0.4) is 0 Å². The standard InChI is InChI=1S/C10H10N2S2/c1-6(2)13-10-12-9-8(14-10)4-7(3)5-11-9/h4-5H,1H2,2-3H3. The van der Waals surface area contributed by atoms with Crippen LogP contribution >= 0.6 is 23.1 Å². The van der Waals surface area contributed by atoms with Gasteiger partial charge in [0.1, 0.15) is 0 Å². The minimum absolute atomic E-state index is 0.837. The van der Waals surface area contributed by atoms with Crippen molar-refractivity contribution in [2.75, 3.05) is 0 Å². The van der Waals surface area contributed by atoms with Gasteiger partial charge in [-0.15, -0.1) is 11.3 Å². The fourth-order valence-electron chi connectivity index (χ4n) is 1.09. The first-order valence-corrected chi connectivity index (χ1v) is 5.85. The van der Waals surface area contributed by atoms with Gasteiger partial charge in [-0.2, -0.15) is 0 Å². The number of allylic oxidation sites excluding steroid dienone is 1. The topological polar surface area (TPSA) is 25.8 Å². The van der Waals surface area contributed by atoms with Gasteiger partial charge >= 0.3 is 0 Å². The highest BCUT2D eigenvalue weighted by Crippen LogP contribution is 2.32. The third-order valence-electron chi connectivity index (χ3n) is 1.63. The van der Waals surface area contributed by atoms with Gasteiger partial charge in [0.05, 0.1) is 4.70 Å². The second kappa shape index (κ2) is 3.71. The molecule has 2 rings (SSSR count). The zero-order chi connectivity index (χ0) is 10.1. The van der Waals surface area contributed by atoms with Gasteiger partial charge in [0.2, 0.25) is 0 Å². The Morgan fingerprint density at radius 1 is 1.57 bits per heavy atom. The Balaban J connectivity index is 2.46. The largest absolute Gasteiger partial charge is 0.236 e. The number of nitrogens with zero attached hydrogens (tertiary/aromatic N) is 2. The third-order valence-corrected chi connectivity index (χ3v) is 3.53. The van der Waals surface area contributed by atoms with Crippen LogP contribution in [0.1, 0.15) is 12.5 Å². The lowest BCUT2D eigenvalue weighted by molar-refractivity contribution is 1.22. The summed E-state index contributed by atoms with van der Waals surface area (Å²) in [6.45, 7) is 7.87. The Morgan fingerprint density at radius 3 is 3.07 bits per heavy atom. The molecule has 0 saturated carbocycles. The van der Waals surface area contributed by atoms with E-state index in [1.807, 2.05) is 20.0 Å². The molecule has 2 nitrogen and oxygen atoms in total. The quantitative estimate of drug-likeness (QED) is 0.726. The number of thioether (sulfide) groups is 1. The molecular weight excluding hydrogens is 212 g/mol. The lowest BCUT2D eigenvalue weighted by atomic mass is 10.3. The Bertz CT molecular complexity index is 488. The Morgan fingerprint density at radius 2 is 2.36 bits per heavy atom. The minimum Gasteiger partial charge on any atom is -0.236 e. The van der Waals surface area contributed by atoms with Crippen molar-refractivity contribution < 1.29 is 0 Å². The molecule has 0 atom stereocenters. The van der Waals surface area contributed by atoms with Crippen molar-refractivity contribution in [3.05, 3.63) is 29.3 Å². The average Bonchev–Trinajstić information content (AvgIpc) is 2.44. The van der Waals surface area contributed by atoms with Crippen molar-refractivity contribution in [1.29, 1.82) is 0 Å². The van der Waals surface area contributed by atoms with E-state index in [2.05, 4.69) is 22.6 Å². The summed E-state index contributed by atoms with van der Waals surface area (Å²) in [6.07, 6.45) is 1.84. The normalized spacial score (nSPS) is 10.7. The molecule has 0 aliphatic rings. The van der Waals surface area contributed by atoms with Crippen molar-refractivity contribution in [3.8, 4) is 0 Å². The van der Waals surface area contributed by atoms with Crippen LogP contribution in [-0.4, -0.2) is 9.97 Å². The molecule has 2 aromatic heterocycles. The number of hydrogen-bond donors (Lipinski definition) is 0. The molecule has 0 aliphatic heterocycles. The second-order valence-corrected chi connectivity index (χ2v) is 5.70. The summed E-state index contributed by atoms with van der Waals surface area (Å²) in [5.41, 5.74) is 2.01. The number of hydrogen-bond acceptors (Lipinski definition) is 4. The molecule has 0 unspecified atom stereocenters. The molecule has 14 heavy (non-hydrogen) atoms. The van der Waals surface area contributed by atoms with E-state index in [0.29, 0.717) is 0 Å². The summed E-state index contributed by atoms with van der Waals surface area (Å²) in [5, 5.41) is 0. The molecule has 0 aromatic carbocycles. The molecular formula is C10H10N2S2. The zero-order valence-corrected chi connectivity index (χ0v) is 9.71. The van der Waals surface area contributed by atoms with Gasteiger partial charge in [0, 0.05) is 6.20 Å². The van der Waals surface area contributed by atoms with Crippen LogP contribution in [-0.2, 0) is 0 Å². The zero-order valence-electron chi connectivity index (χ0n) is 8.07. The fraction of sp³-hybridized carbons (Fsp3) is 0.200. The molecule has 0 amide bonds. The SMILES string of the molecule is C=C(C)Sc1nc2ncc(C)cc2s1. The molecule has 0 fully saturated rings. The van der Waals surface area contributed by atoms with Crippen LogP contribution in [0.15, 0.2) is 28.1 Å². The monoisotopic (exact) mass is 222 g/mol. The van der Waals surface area contributed by atoms with Crippen LogP contribution in [0.5, 0.6) is 0 Å². The van der Waals surface area contributed by atoms with Gasteiger partial charge < -0.3 is 0 Å². The predicted octanol–water partition coefficient (Wildman–Crippen LogP) is 3.63. The number of rotatable bonds is 2. The van der Waals surface area contributed by atoms with E-state index in [4.69, 9.17) is 0 Å². The fourth-order valence-corrected chi connectivity index (χ4v) is 3.14. The highest BCUT2D eigenvalue weighted by Gasteiger charge is 2.05. The summed E-state index contributed by atoms with van der Waals surface area (Å²) in [4.78, 5) is 9.72. The van der Waals surface area contributed by atoms with Crippen molar-refractivity contribution >= 4 is 33.4 Å². The van der Waals surface area contributed by atoms with Crippen LogP contribution in [0.2, 0.25) is 0 Å². The maximum absolute atomic E-state index is 4.40. The van der Waals surface area contributed by atoms with Gasteiger partial charge in [-0.25, -0.2) is 9.97 Å². The second-order valence-electron chi connectivity index (χ2n) is 3.12. The molecule has 0 aliphatic carbocycles. The molecule has 0 radical (unpaired) electrons. The van der Waals surface area contributed by atoms with Gasteiger partial charge in [0.15, 0.2) is 9.99 Å². The average molecular weight is 222 g/mol. The first kappa shape index (κ1) is 9.68. The molecule has 2 heterocycles.